The second kappa shape index (κ2) is 6.15. The van der Waals surface area contributed by atoms with E-state index in [0.717, 1.165) is 12.1 Å². The van der Waals surface area contributed by atoms with Crippen molar-refractivity contribution in [1.82, 2.24) is 4.90 Å². The molecular formula is C17H23F3N2O. The van der Waals surface area contributed by atoms with Crippen molar-refractivity contribution >= 4 is 5.91 Å². The third-order valence-electron chi connectivity index (χ3n) is 4.34. The largest absolute Gasteiger partial charge is 0.416 e. The highest BCUT2D eigenvalue weighted by Crippen LogP contribution is 2.49. The van der Waals surface area contributed by atoms with E-state index < -0.39 is 11.7 Å². The highest BCUT2D eigenvalue weighted by molar-refractivity contribution is 5.82. The van der Waals surface area contributed by atoms with Gasteiger partial charge in [0.2, 0.25) is 5.91 Å². The number of hydrogen-bond acceptors (Lipinski definition) is 2. The van der Waals surface area contributed by atoms with Crippen LogP contribution in [0.4, 0.5) is 13.2 Å². The fourth-order valence-corrected chi connectivity index (χ4v) is 2.85. The molecule has 1 aliphatic carbocycles. The first-order valence-electron chi connectivity index (χ1n) is 7.67. The highest BCUT2D eigenvalue weighted by Gasteiger charge is 2.46. The zero-order valence-corrected chi connectivity index (χ0v) is 13.7. The summed E-state index contributed by atoms with van der Waals surface area (Å²) in [4.78, 5) is 14.1. The first kappa shape index (κ1) is 17.8. The smallest absolute Gasteiger partial charge is 0.345 e. The minimum atomic E-state index is -4.35. The average Bonchev–Trinajstić information content (AvgIpc) is 3.25. The van der Waals surface area contributed by atoms with Gasteiger partial charge in [-0.25, -0.2) is 0 Å². The van der Waals surface area contributed by atoms with Gasteiger partial charge in [-0.15, -0.1) is 0 Å². The molecule has 0 bridgehead atoms. The number of rotatable bonds is 5. The van der Waals surface area contributed by atoms with Gasteiger partial charge < -0.3 is 10.6 Å². The lowest BCUT2D eigenvalue weighted by atomic mass is 9.93. The number of benzene rings is 1. The van der Waals surface area contributed by atoms with E-state index in [-0.39, 0.29) is 23.2 Å². The monoisotopic (exact) mass is 328 g/mol. The Bertz CT molecular complexity index is 583. The first-order valence-corrected chi connectivity index (χ1v) is 7.67. The Balaban J connectivity index is 2.03. The average molecular weight is 328 g/mol. The summed E-state index contributed by atoms with van der Waals surface area (Å²) in [5, 5.41) is 0. The predicted molar refractivity (Wildman–Crippen MR) is 82.8 cm³/mol. The minimum absolute atomic E-state index is 0.0195. The molecule has 0 saturated heterocycles. The van der Waals surface area contributed by atoms with Crippen molar-refractivity contribution < 1.29 is 18.0 Å². The van der Waals surface area contributed by atoms with Crippen LogP contribution in [0, 0.1) is 11.3 Å². The summed E-state index contributed by atoms with van der Waals surface area (Å²) in [6.07, 6.45) is -3.75. The highest BCUT2D eigenvalue weighted by atomic mass is 19.4. The van der Waals surface area contributed by atoms with Crippen LogP contribution in [0.3, 0.4) is 0 Å². The van der Waals surface area contributed by atoms with Crippen LogP contribution >= 0.6 is 0 Å². The van der Waals surface area contributed by atoms with Crippen molar-refractivity contribution in [1.29, 1.82) is 0 Å². The Hall–Kier alpha value is -1.56. The molecule has 1 amide bonds. The van der Waals surface area contributed by atoms with Gasteiger partial charge in [0.15, 0.2) is 0 Å². The summed E-state index contributed by atoms with van der Waals surface area (Å²) in [5.41, 5.74) is 5.43. The normalized spacial score (nSPS) is 21.2. The number of amides is 1. The molecule has 128 valence electrons. The van der Waals surface area contributed by atoms with Crippen molar-refractivity contribution in [3.05, 3.63) is 35.4 Å². The Labute approximate surface area is 134 Å². The van der Waals surface area contributed by atoms with Gasteiger partial charge in [-0.1, -0.05) is 32.0 Å². The van der Waals surface area contributed by atoms with E-state index >= 15 is 0 Å². The van der Waals surface area contributed by atoms with Crippen molar-refractivity contribution in [2.75, 3.05) is 20.1 Å². The van der Waals surface area contributed by atoms with E-state index in [1.807, 2.05) is 13.8 Å². The molecule has 0 spiro atoms. The number of halogens is 3. The zero-order chi connectivity index (χ0) is 17.4. The number of nitrogens with zero attached hydrogens (tertiary/aromatic N) is 1. The number of hydrogen-bond donors (Lipinski definition) is 1. The molecule has 2 atom stereocenters. The van der Waals surface area contributed by atoms with Crippen molar-refractivity contribution in [2.24, 2.45) is 17.1 Å². The summed E-state index contributed by atoms with van der Waals surface area (Å²) < 4.78 is 38.3. The van der Waals surface area contributed by atoms with Gasteiger partial charge in [0.1, 0.15) is 0 Å². The Morgan fingerprint density at radius 3 is 2.57 bits per heavy atom. The van der Waals surface area contributed by atoms with Crippen LogP contribution in [-0.4, -0.2) is 30.9 Å². The third-order valence-corrected chi connectivity index (χ3v) is 4.34. The van der Waals surface area contributed by atoms with Crippen LogP contribution in [0.15, 0.2) is 24.3 Å². The van der Waals surface area contributed by atoms with Crippen LogP contribution in [0.1, 0.15) is 37.3 Å². The lowest BCUT2D eigenvalue weighted by Gasteiger charge is -2.29. The summed E-state index contributed by atoms with van der Waals surface area (Å²) in [5.74, 6) is -0.362. The first-order chi connectivity index (χ1) is 10.5. The lowest BCUT2D eigenvalue weighted by molar-refractivity contribution is -0.137. The second-order valence-corrected chi connectivity index (χ2v) is 7.13. The molecule has 2 unspecified atom stereocenters. The van der Waals surface area contributed by atoms with Gasteiger partial charge >= 0.3 is 6.18 Å². The second-order valence-electron chi connectivity index (χ2n) is 7.13. The third kappa shape index (κ3) is 4.25. The van der Waals surface area contributed by atoms with Gasteiger partial charge in [0, 0.05) is 19.5 Å². The van der Waals surface area contributed by atoms with Crippen molar-refractivity contribution in [3.8, 4) is 0 Å². The van der Waals surface area contributed by atoms with E-state index in [1.165, 1.54) is 6.07 Å². The SMILES string of the molecule is CN(CC(C)(C)CN)C(=O)C1CC1c1cccc(C(F)(F)F)c1. The van der Waals surface area contributed by atoms with E-state index in [4.69, 9.17) is 5.73 Å². The molecule has 1 aromatic rings. The maximum absolute atomic E-state index is 12.8. The molecular weight excluding hydrogens is 305 g/mol. The van der Waals surface area contributed by atoms with Gasteiger partial charge in [-0.05, 0) is 35.9 Å². The standard InChI is InChI=1S/C17H23F3N2O/c1-16(2,9-21)10-22(3)15(23)14-8-13(14)11-5-4-6-12(7-11)17(18,19)20/h4-7,13-14H,8-10,21H2,1-3H3. The predicted octanol–water partition coefficient (Wildman–Crippen LogP) is 3.25. The van der Waals surface area contributed by atoms with Crippen LogP contribution in [0.2, 0.25) is 0 Å². The maximum atomic E-state index is 12.8. The van der Waals surface area contributed by atoms with Crippen molar-refractivity contribution in [2.45, 2.75) is 32.4 Å². The van der Waals surface area contributed by atoms with Crippen LogP contribution in [0.25, 0.3) is 0 Å². The Morgan fingerprint density at radius 2 is 2.00 bits per heavy atom. The number of carbonyl (C=O) groups is 1. The summed E-state index contributed by atoms with van der Waals surface area (Å²) in [6, 6.07) is 5.27. The molecule has 0 radical (unpaired) electrons. The maximum Gasteiger partial charge on any atom is 0.416 e. The molecule has 1 fully saturated rings. The topological polar surface area (TPSA) is 46.3 Å². The fraction of sp³-hybridized carbons (Fsp3) is 0.588. The molecule has 23 heavy (non-hydrogen) atoms. The quantitative estimate of drug-likeness (QED) is 0.902. The van der Waals surface area contributed by atoms with Gasteiger partial charge in [0.25, 0.3) is 0 Å². The molecule has 0 aliphatic heterocycles. The fourth-order valence-electron chi connectivity index (χ4n) is 2.85. The van der Waals surface area contributed by atoms with Crippen LogP contribution < -0.4 is 5.73 Å². The summed E-state index contributed by atoms with van der Waals surface area (Å²) in [7, 11) is 1.72. The molecule has 3 nitrogen and oxygen atoms in total. The number of nitrogens with two attached hydrogens (primary N) is 1. The van der Waals surface area contributed by atoms with Crippen LogP contribution in [0.5, 0.6) is 0 Å². The Morgan fingerprint density at radius 1 is 1.35 bits per heavy atom. The summed E-state index contributed by atoms with van der Waals surface area (Å²) >= 11 is 0. The number of alkyl halides is 3. The van der Waals surface area contributed by atoms with Gasteiger partial charge in [-0.3, -0.25) is 4.79 Å². The molecule has 0 aromatic heterocycles. The number of carbonyl (C=O) groups excluding carboxylic acids is 1. The molecule has 2 rings (SSSR count). The van der Waals surface area contributed by atoms with Crippen molar-refractivity contribution in [3.63, 3.8) is 0 Å². The molecule has 0 heterocycles. The van der Waals surface area contributed by atoms with E-state index in [0.29, 0.717) is 25.1 Å². The lowest BCUT2D eigenvalue weighted by Crippen LogP contribution is -2.40. The van der Waals surface area contributed by atoms with E-state index in [2.05, 4.69) is 0 Å². The summed E-state index contributed by atoms with van der Waals surface area (Å²) in [6.45, 7) is 4.96. The van der Waals surface area contributed by atoms with E-state index in [1.54, 1.807) is 18.0 Å². The molecule has 1 aromatic carbocycles. The van der Waals surface area contributed by atoms with Gasteiger partial charge in [-0.2, -0.15) is 13.2 Å². The Kier molecular flexibility index (Phi) is 4.76. The zero-order valence-electron chi connectivity index (χ0n) is 13.7. The van der Waals surface area contributed by atoms with E-state index in [9.17, 15) is 18.0 Å². The molecule has 1 saturated carbocycles. The molecule has 1 aliphatic rings. The van der Waals surface area contributed by atoms with Gasteiger partial charge in [0.05, 0.1) is 5.56 Å². The molecule has 6 heteroatoms. The van der Waals surface area contributed by atoms with Crippen LogP contribution in [-0.2, 0) is 11.0 Å². The molecule has 2 N–H and O–H groups in total. The minimum Gasteiger partial charge on any atom is -0.345 e.